The molecule has 0 saturated carbocycles. The highest BCUT2D eigenvalue weighted by molar-refractivity contribution is 7.99. The maximum absolute atomic E-state index is 11.3. The molecule has 0 saturated heterocycles. The SMILES string of the molecule is CCn1c(Cc2ccccc2)nnc1SCC(=O)NC. The van der Waals surface area contributed by atoms with Crippen molar-refractivity contribution in [3.05, 3.63) is 41.7 Å². The fraction of sp³-hybridized carbons (Fsp3) is 0.357. The summed E-state index contributed by atoms with van der Waals surface area (Å²) in [6.07, 6.45) is 0.752. The van der Waals surface area contributed by atoms with Crippen LogP contribution in [0.15, 0.2) is 35.5 Å². The van der Waals surface area contributed by atoms with Gasteiger partial charge in [-0.15, -0.1) is 10.2 Å². The number of thioether (sulfide) groups is 1. The van der Waals surface area contributed by atoms with Crippen LogP contribution in [0.2, 0.25) is 0 Å². The Hall–Kier alpha value is -1.82. The quantitative estimate of drug-likeness (QED) is 0.823. The average Bonchev–Trinajstić information content (AvgIpc) is 2.87. The molecule has 1 aromatic carbocycles. The molecule has 5 nitrogen and oxygen atoms in total. The smallest absolute Gasteiger partial charge is 0.230 e. The number of benzene rings is 1. The third kappa shape index (κ3) is 3.60. The molecule has 6 heteroatoms. The maximum atomic E-state index is 11.3. The van der Waals surface area contributed by atoms with Crippen molar-refractivity contribution in [1.29, 1.82) is 0 Å². The number of hydrogen-bond donors (Lipinski definition) is 1. The molecule has 1 heterocycles. The van der Waals surface area contributed by atoms with Crippen LogP contribution in [0.4, 0.5) is 0 Å². The molecule has 0 aliphatic heterocycles. The summed E-state index contributed by atoms with van der Waals surface area (Å²) in [5, 5.41) is 11.8. The van der Waals surface area contributed by atoms with E-state index in [0.29, 0.717) is 5.75 Å². The summed E-state index contributed by atoms with van der Waals surface area (Å²) in [5.74, 6) is 1.28. The first-order valence-electron chi connectivity index (χ1n) is 6.54. The van der Waals surface area contributed by atoms with Crippen molar-refractivity contribution < 1.29 is 4.79 Å². The van der Waals surface area contributed by atoms with Crippen LogP contribution in [0, 0.1) is 0 Å². The summed E-state index contributed by atoms with van der Waals surface area (Å²) in [6.45, 7) is 2.85. The van der Waals surface area contributed by atoms with E-state index in [4.69, 9.17) is 0 Å². The van der Waals surface area contributed by atoms with Gasteiger partial charge in [0.1, 0.15) is 5.82 Å². The second-order valence-electron chi connectivity index (χ2n) is 4.27. The second kappa shape index (κ2) is 7.09. The summed E-state index contributed by atoms with van der Waals surface area (Å²) in [7, 11) is 1.63. The highest BCUT2D eigenvalue weighted by Crippen LogP contribution is 2.18. The van der Waals surface area contributed by atoms with Crippen molar-refractivity contribution in [3.63, 3.8) is 0 Å². The third-order valence-corrected chi connectivity index (χ3v) is 3.89. The summed E-state index contributed by atoms with van der Waals surface area (Å²) in [6, 6.07) is 10.2. The first-order chi connectivity index (χ1) is 9.74. The second-order valence-corrected chi connectivity index (χ2v) is 5.21. The maximum Gasteiger partial charge on any atom is 0.230 e. The van der Waals surface area contributed by atoms with Gasteiger partial charge >= 0.3 is 0 Å². The van der Waals surface area contributed by atoms with Crippen molar-refractivity contribution in [1.82, 2.24) is 20.1 Å². The van der Waals surface area contributed by atoms with E-state index >= 15 is 0 Å². The molecule has 0 unspecified atom stereocenters. The van der Waals surface area contributed by atoms with Crippen molar-refractivity contribution in [2.45, 2.75) is 25.0 Å². The molecule has 20 heavy (non-hydrogen) atoms. The minimum Gasteiger partial charge on any atom is -0.358 e. The van der Waals surface area contributed by atoms with Gasteiger partial charge in [0.05, 0.1) is 5.75 Å². The molecule has 1 amide bonds. The Morgan fingerprint density at radius 3 is 2.70 bits per heavy atom. The summed E-state index contributed by atoms with van der Waals surface area (Å²) in [5.41, 5.74) is 1.21. The lowest BCUT2D eigenvalue weighted by Crippen LogP contribution is -2.20. The zero-order chi connectivity index (χ0) is 14.4. The molecule has 0 spiro atoms. The molecule has 1 aromatic heterocycles. The van der Waals surface area contributed by atoms with Gasteiger partial charge in [-0.2, -0.15) is 0 Å². The van der Waals surface area contributed by atoms with E-state index in [-0.39, 0.29) is 5.91 Å². The van der Waals surface area contributed by atoms with E-state index in [2.05, 4.69) is 39.1 Å². The van der Waals surface area contributed by atoms with E-state index in [0.717, 1.165) is 23.9 Å². The minimum atomic E-state index is -0.00902. The lowest BCUT2D eigenvalue weighted by atomic mass is 10.1. The van der Waals surface area contributed by atoms with Crippen LogP contribution < -0.4 is 5.32 Å². The van der Waals surface area contributed by atoms with Crippen LogP contribution in [-0.4, -0.2) is 33.5 Å². The van der Waals surface area contributed by atoms with Gasteiger partial charge in [0.15, 0.2) is 5.16 Å². The Morgan fingerprint density at radius 2 is 2.05 bits per heavy atom. The van der Waals surface area contributed by atoms with Gasteiger partial charge in [0.25, 0.3) is 0 Å². The number of nitrogens with one attached hydrogen (secondary N) is 1. The number of aromatic nitrogens is 3. The van der Waals surface area contributed by atoms with Gasteiger partial charge in [0, 0.05) is 20.0 Å². The molecular weight excluding hydrogens is 272 g/mol. The highest BCUT2D eigenvalue weighted by Gasteiger charge is 2.12. The van der Waals surface area contributed by atoms with E-state index in [1.807, 2.05) is 18.2 Å². The van der Waals surface area contributed by atoms with Crippen LogP contribution >= 0.6 is 11.8 Å². The Morgan fingerprint density at radius 1 is 1.30 bits per heavy atom. The molecule has 2 aromatic rings. The average molecular weight is 290 g/mol. The fourth-order valence-electron chi connectivity index (χ4n) is 1.85. The normalized spacial score (nSPS) is 10.5. The van der Waals surface area contributed by atoms with Gasteiger partial charge < -0.3 is 9.88 Å². The van der Waals surface area contributed by atoms with Crippen LogP contribution in [0.3, 0.4) is 0 Å². The molecule has 1 N–H and O–H groups in total. The zero-order valence-electron chi connectivity index (χ0n) is 11.7. The van der Waals surface area contributed by atoms with Crippen LogP contribution in [0.5, 0.6) is 0 Å². The van der Waals surface area contributed by atoms with E-state index in [1.54, 1.807) is 7.05 Å². The molecule has 106 valence electrons. The van der Waals surface area contributed by atoms with E-state index < -0.39 is 0 Å². The van der Waals surface area contributed by atoms with Crippen molar-refractivity contribution in [3.8, 4) is 0 Å². The lowest BCUT2D eigenvalue weighted by molar-refractivity contribution is -0.118. The van der Waals surface area contributed by atoms with Gasteiger partial charge in [0.2, 0.25) is 5.91 Å². The summed E-state index contributed by atoms with van der Waals surface area (Å²) < 4.78 is 2.06. The van der Waals surface area contributed by atoms with Gasteiger partial charge in [-0.3, -0.25) is 4.79 Å². The Labute approximate surface area is 122 Å². The number of rotatable bonds is 6. The van der Waals surface area contributed by atoms with E-state index in [1.165, 1.54) is 17.3 Å². The van der Waals surface area contributed by atoms with Crippen LogP contribution in [0.1, 0.15) is 18.3 Å². The predicted octanol–water partition coefficient (Wildman–Crippen LogP) is 1.73. The standard InChI is InChI=1S/C14H18N4OS/c1-3-18-12(9-11-7-5-4-6-8-11)16-17-14(18)20-10-13(19)15-2/h4-8H,3,9-10H2,1-2H3,(H,15,19). The largest absolute Gasteiger partial charge is 0.358 e. The number of hydrogen-bond acceptors (Lipinski definition) is 4. The Bertz CT molecular complexity index is 568. The summed E-state index contributed by atoms with van der Waals surface area (Å²) in [4.78, 5) is 11.3. The molecule has 0 aliphatic carbocycles. The van der Waals surface area contributed by atoms with Crippen molar-refractivity contribution >= 4 is 17.7 Å². The highest BCUT2D eigenvalue weighted by atomic mass is 32.2. The minimum absolute atomic E-state index is 0.00902. The monoisotopic (exact) mass is 290 g/mol. The Kier molecular flexibility index (Phi) is 5.17. The van der Waals surface area contributed by atoms with Gasteiger partial charge in [-0.25, -0.2) is 0 Å². The van der Waals surface area contributed by atoms with Gasteiger partial charge in [-0.05, 0) is 12.5 Å². The van der Waals surface area contributed by atoms with Crippen LogP contribution in [0.25, 0.3) is 0 Å². The number of nitrogens with zero attached hydrogens (tertiary/aromatic N) is 3. The predicted molar refractivity (Wildman–Crippen MR) is 79.7 cm³/mol. The third-order valence-electron chi connectivity index (χ3n) is 2.93. The number of carbonyl (C=O) groups excluding carboxylic acids is 1. The molecule has 0 aliphatic rings. The number of carbonyl (C=O) groups is 1. The zero-order valence-corrected chi connectivity index (χ0v) is 12.5. The molecule has 0 fully saturated rings. The summed E-state index contributed by atoms with van der Waals surface area (Å²) >= 11 is 1.41. The molecule has 2 rings (SSSR count). The van der Waals surface area contributed by atoms with Crippen molar-refractivity contribution in [2.24, 2.45) is 0 Å². The first kappa shape index (κ1) is 14.6. The molecule has 0 atom stereocenters. The molecule has 0 bridgehead atoms. The topological polar surface area (TPSA) is 59.8 Å². The van der Waals surface area contributed by atoms with Gasteiger partial charge in [-0.1, -0.05) is 42.1 Å². The van der Waals surface area contributed by atoms with E-state index in [9.17, 15) is 4.79 Å². The van der Waals surface area contributed by atoms with Crippen LogP contribution in [-0.2, 0) is 17.8 Å². The fourth-order valence-corrected chi connectivity index (χ4v) is 2.75. The number of amides is 1. The first-order valence-corrected chi connectivity index (χ1v) is 7.52. The Balaban J connectivity index is 2.11. The van der Waals surface area contributed by atoms with Crippen molar-refractivity contribution in [2.75, 3.05) is 12.8 Å². The molecular formula is C14H18N4OS. The molecule has 0 radical (unpaired) electrons. The lowest BCUT2D eigenvalue weighted by Gasteiger charge is -2.07.